The van der Waals surface area contributed by atoms with Crippen molar-refractivity contribution in [3.05, 3.63) is 12.7 Å². The number of hydrogen-bond acceptors (Lipinski definition) is 2. The Morgan fingerprint density at radius 1 is 1.67 bits per heavy atom. The molecule has 0 heterocycles. The number of nitrogens with two attached hydrogens (primary N) is 1. The predicted octanol–water partition coefficient (Wildman–Crippen LogP) is -0.701. The first-order chi connectivity index (χ1) is 5.57. The quantitative estimate of drug-likeness (QED) is 0.549. The van der Waals surface area contributed by atoms with Crippen molar-refractivity contribution in [2.75, 3.05) is 20.1 Å². The zero-order valence-electron chi connectivity index (χ0n) is 7.04. The van der Waals surface area contributed by atoms with Crippen LogP contribution in [0, 0.1) is 0 Å². The van der Waals surface area contributed by atoms with E-state index in [9.17, 15) is 9.59 Å². The van der Waals surface area contributed by atoms with Gasteiger partial charge in [-0.15, -0.1) is 0 Å². The third-order valence-electron chi connectivity index (χ3n) is 1.30. The van der Waals surface area contributed by atoms with Gasteiger partial charge in [0.2, 0.25) is 5.91 Å². The number of hydrogen-bond donors (Lipinski definition) is 2. The summed E-state index contributed by atoms with van der Waals surface area (Å²) in [6, 6.07) is -0.588. The fraction of sp³-hybridized carbons (Fsp3) is 0.429. The lowest BCUT2D eigenvalue weighted by Gasteiger charge is -2.14. The maximum Gasteiger partial charge on any atom is 0.312 e. The molecule has 0 spiro atoms. The highest BCUT2D eigenvalue weighted by molar-refractivity contribution is 5.86. The van der Waals surface area contributed by atoms with Gasteiger partial charge >= 0.3 is 6.03 Å². The molecule has 0 radical (unpaired) electrons. The summed E-state index contributed by atoms with van der Waals surface area (Å²) in [5.41, 5.74) is 4.81. The van der Waals surface area contributed by atoms with Crippen molar-refractivity contribution >= 4 is 11.9 Å². The van der Waals surface area contributed by atoms with Gasteiger partial charge in [0.05, 0.1) is 0 Å². The van der Waals surface area contributed by atoms with E-state index in [2.05, 4.69) is 11.9 Å². The molecule has 0 unspecified atom stereocenters. The molecule has 68 valence electrons. The van der Waals surface area contributed by atoms with Gasteiger partial charge in [-0.2, -0.15) is 0 Å². The van der Waals surface area contributed by atoms with Gasteiger partial charge < -0.3 is 16.0 Å². The minimum atomic E-state index is -0.588. The van der Waals surface area contributed by atoms with Crippen LogP contribution in [-0.2, 0) is 4.79 Å². The van der Waals surface area contributed by atoms with Crippen LogP contribution in [0.5, 0.6) is 0 Å². The van der Waals surface area contributed by atoms with E-state index in [0.717, 1.165) is 0 Å². The summed E-state index contributed by atoms with van der Waals surface area (Å²) in [6.45, 7) is 4.10. The Bertz CT molecular complexity index is 191. The fourth-order valence-electron chi connectivity index (χ4n) is 0.613. The molecular formula is C7H13N3O2. The first-order valence-corrected chi connectivity index (χ1v) is 3.48. The minimum absolute atomic E-state index is 0.179. The van der Waals surface area contributed by atoms with Gasteiger partial charge in [-0.3, -0.25) is 4.79 Å². The van der Waals surface area contributed by atoms with Gasteiger partial charge in [-0.1, -0.05) is 6.58 Å². The number of amides is 3. The second-order valence-corrected chi connectivity index (χ2v) is 2.25. The molecular weight excluding hydrogens is 158 g/mol. The molecule has 0 atom stereocenters. The normalized spacial score (nSPS) is 8.75. The summed E-state index contributed by atoms with van der Waals surface area (Å²) in [6.07, 6.45) is 1.21. The van der Waals surface area contributed by atoms with Gasteiger partial charge in [0.25, 0.3) is 0 Å². The van der Waals surface area contributed by atoms with Crippen LogP contribution in [0.2, 0.25) is 0 Å². The van der Waals surface area contributed by atoms with Crippen molar-refractivity contribution in [1.82, 2.24) is 10.2 Å². The number of nitrogens with zero attached hydrogens (tertiary/aromatic N) is 1. The summed E-state index contributed by atoms with van der Waals surface area (Å²) >= 11 is 0. The van der Waals surface area contributed by atoms with Gasteiger partial charge in [0, 0.05) is 20.1 Å². The number of carbonyl (C=O) groups excluding carboxylic acids is 2. The number of carbonyl (C=O) groups is 2. The molecule has 0 aromatic carbocycles. The lowest BCUT2D eigenvalue weighted by Crippen LogP contribution is -2.37. The summed E-state index contributed by atoms with van der Waals surface area (Å²) in [5, 5.41) is 2.37. The first kappa shape index (κ1) is 10.5. The van der Waals surface area contributed by atoms with Crippen molar-refractivity contribution in [3.63, 3.8) is 0 Å². The highest BCUT2D eigenvalue weighted by Gasteiger charge is 2.02. The first-order valence-electron chi connectivity index (χ1n) is 3.48. The maximum atomic E-state index is 10.9. The van der Waals surface area contributed by atoms with E-state index < -0.39 is 6.03 Å². The Kier molecular flexibility index (Phi) is 4.52. The molecule has 12 heavy (non-hydrogen) atoms. The predicted molar refractivity (Wildman–Crippen MR) is 45.4 cm³/mol. The highest BCUT2D eigenvalue weighted by Crippen LogP contribution is 1.83. The summed E-state index contributed by atoms with van der Waals surface area (Å²) in [4.78, 5) is 22.5. The van der Waals surface area contributed by atoms with Gasteiger partial charge in [0.1, 0.15) is 0 Å². The van der Waals surface area contributed by atoms with Crippen molar-refractivity contribution in [2.24, 2.45) is 5.73 Å². The van der Waals surface area contributed by atoms with E-state index in [0.29, 0.717) is 13.1 Å². The van der Waals surface area contributed by atoms with Crippen LogP contribution in [0.1, 0.15) is 0 Å². The lowest BCUT2D eigenvalue weighted by atomic mass is 10.5. The third kappa shape index (κ3) is 4.32. The number of rotatable bonds is 4. The summed E-state index contributed by atoms with van der Waals surface area (Å²) < 4.78 is 0. The van der Waals surface area contributed by atoms with E-state index >= 15 is 0 Å². The van der Waals surface area contributed by atoms with Gasteiger partial charge in [-0.05, 0) is 6.08 Å². The molecule has 0 aliphatic rings. The molecule has 0 aromatic rings. The van der Waals surface area contributed by atoms with E-state index in [4.69, 9.17) is 5.73 Å². The summed E-state index contributed by atoms with van der Waals surface area (Å²) in [5.74, 6) is -0.179. The Labute approximate surface area is 71.2 Å². The maximum absolute atomic E-state index is 10.9. The van der Waals surface area contributed by atoms with Crippen LogP contribution in [0.15, 0.2) is 12.7 Å². The zero-order valence-corrected chi connectivity index (χ0v) is 7.04. The van der Waals surface area contributed by atoms with E-state index in [-0.39, 0.29) is 5.91 Å². The van der Waals surface area contributed by atoms with Gasteiger partial charge in [-0.25, -0.2) is 4.79 Å². The van der Waals surface area contributed by atoms with E-state index in [1.807, 2.05) is 0 Å². The lowest BCUT2D eigenvalue weighted by molar-refractivity contribution is -0.124. The Balaban J connectivity index is 3.56. The standard InChI is InChI=1S/C7H13N3O2/c1-3-6(11)10(2)5-4-9-7(8)12/h3H,1,4-5H2,2H3,(H3,8,9,12). The zero-order chi connectivity index (χ0) is 9.56. The van der Waals surface area contributed by atoms with Crippen molar-refractivity contribution in [2.45, 2.75) is 0 Å². The number of urea groups is 1. The van der Waals surface area contributed by atoms with Gasteiger partial charge in [0.15, 0.2) is 0 Å². The molecule has 0 saturated carbocycles. The molecule has 0 bridgehead atoms. The van der Waals surface area contributed by atoms with Crippen LogP contribution in [0.25, 0.3) is 0 Å². The van der Waals surface area contributed by atoms with Crippen LogP contribution in [0.4, 0.5) is 4.79 Å². The number of primary amides is 1. The topological polar surface area (TPSA) is 75.4 Å². The Morgan fingerprint density at radius 2 is 2.25 bits per heavy atom. The van der Waals surface area contributed by atoms with Crippen LogP contribution < -0.4 is 11.1 Å². The smallest absolute Gasteiger partial charge is 0.312 e. The molecule has 0 aromatic heterocycles. The second-order valence-electron chi connectivity index (χ2n) is 2.25. The minimum Gasteiger partial charge on any atom is -0.352 e. The van der Waals surface area contributed by atoms with Crippen molar-refractivity contribution < 1.29 is 9.59 Å². The SMILES string of the molecule is C=CC(=O)N(C)CCNC(N)=O. The van der Waals surface area contributed by atoms with Crippen LogP contribution in [0.3, 0.4) is 0 Å². The molecule has 3 N–H and O–H groups in total. The van der Waals surface area contributed by atoms with Crippen LogP contribution >= 0.6 is 0 Å². The second kappa shape index (κ2) is 5.17. The highest BCUT2D eigenvalue weighted by atomic mass is 16.2. The molecule has 0 saturated heterocycles. The van der Waals surface area contributed by atoms with Crippen molar-refractivity contribution in [3.8, 4) is 0 Å². The third-order valence-corrected chi connectivity index (χ3v) is 1.30. The molecule has 5 heteroatoms. The Morgan fingerprint density at radius 3 is 2.67 bits per heavy atom. The average molecular weight is 171 g/mol. The molecule has 0 fully saturated rings. The molecule has 0 rings (SSSR count). The number of nitrogens with one attached hydrogen (secondary N) is 1. The van der Waals surface area contributed by atoms with E-state index in [1.54, 1.807) is 7.05 Å². The Hall–Kier alpha value is -1.52. The molecule has 0 aliphatic heterocycles. The van der Waals surface area contributed by atoms with E-state index in [1.165, 1.54) is 11.0 Å². The molecule has 5 nitrogen and oxygen atoms in total. The molecule has 3 amide bonds. The summed E-state index contributed by atoms with van der Waals surface area (Å²) in [7, 11) is 1.62. The monoisotopic (exact) mass is 171 g/mol. The largest absolute Gasteiger partial charge is 0.352 e. The molecule has 0 aliphatic carbocycles. The fourth-order valence-corrected chi connectivity index (χ4v) is 0.613. The van der Waals surface area contributed by atoms with Crippen LogP contribution in [-0.4, -0.2) is 37.0 Å². The number of likely N-dealkylation sites (N-methyl/N-ethyl adjacent to an activating group) is 1. The average Bonchev–Trinajstić information content (AvgIpc) is 2.02. The van der Waals surface area contributed by atoms with Crippen molar-refractivity contribution in [1.29, 1.82) is 0 Å².